The summed E-state index contributed by atoms with van der Waals surface area (Å²) < 4.78 is 12.1. The van der Waals surface area contributed by atoms with Crippen LogP contribution in [0.2, 0.25) is 0 Å². The number of nitrogens with one attached hydrogen (secondary N) is 1. The van der Waals surface area contributed by atoms with Crippen molar-refractivity contribution >= 4 is 0 Å². The van der Waals surface area contributed by atoms with Gasteiger partial charge in [-0.15, -0.1) is 0 Å². The van der Waals surface area contributed by atoms with Crippen molar-refractivity contribution in [1.82, 2.24) is 9.55 Å². The summed E-state index contributed by atoms with van der Waals surface area (Å²) in [5.41, 5.74) is -0.543. The molecule has 0 aliphatic carbocycles. The summed E-state index contributed by atoms with van der Waals surface area (Å²) in [6, 6.07) is 0. The molecular weight excluding hydrogens is 240 g/mol. The zero-order valence-corrected chi connectivity index (χ0v) is 10.3. The molecule has 1 aliphatic heterocycles. The molecule has 0 spiro atoms. The summed E-state index contributed by atoms with van der Waals surface area (Å²) in [4.78, 5) is 25.3. The van der Waals surface area contributed by atoms with Crippen LogP contribution in [0, 0.1) is 6.92 Å². The summed E-state index contributed by atoms with van der Waals surface area (Å²) >= 11 is 0. The summed E-state index contributed by atoms with van der Waals surface area (Å²) in [6.45, 7) is 1.47. The van der Waals surface area contributed by atoms with E-state index in [0.29, 0.717) is 12.0 Å². The molecule has 3 unspecified atom stereocenters. The maximum absolute atomic E-state index is 11.7. The zero-order valence-electron chi connectivity index (χ0n) is 10.3. The van der Waals surface area contributed by atoms with Crippen molar-refractivity contribution in [1.29, 1.82) is 0 Å². The maximum atomic E-state index is 11.7. The summed E-state index contributed by atoms with van der Waals surface area (Å²) in [5.74, 6) is 0. The van der Waals surface area contributed by atoms with E-state index in [4.69, 9.17) is 14.6 Å². The predicted molar refractivity (Wildman–Crippen MR) is 62.5 cm³/mol. The third kappa shape index (κ3) is 2.24. The minimum atomic E-state index is -0.629. The third-order valence-corrected chi connectivity index (χ3v) is 3.07. The number of aliphatic hydroxyl groups is 1. The Kier molecular flexibility index (Phi) is 3.65. The highest BCUT2D eigenvalue weighted by atomic mass is 16.6. The number of rotatable bonds is 3. The van der Waals surface area contributed by atoms with E-state index in [-0.39, 0.29) is 18.8 Å². The van der Waals surface area contributed by atoms with Crippen molar-refractivity contribution in [3.63, 3.8) is 0 Å². The Morgan fingerprint density at radius 3 is 2.94 bits per heavy atom. The second-order valence-electron chi connectivity index (χ2n) is 4.32. The molecule has 0 bridgehead atoms. The Hall–Kier alpha value is -1.44. The third-order valence-electron chi connectivity index (χ3n) is 3.07. The molecular formula is C11H16N2O5. The first-order valence-electron chi connectivity index (χ1n) is 5.68. The van der Waals surface area contributed by atoms with Crippen LogP contribution in [0.4, 0.5) is 0 Å². The van der Waals surface area contributed by atoms with Gasteiger partial charge in [0.1, 0.15) is 6.10 Å². The molecule has 0 radical (unpaired) electrons. The molecule has 1 aromatic heterocycles. The summed E-state index contributed by atoms with van der Waals surface area (Å²) in [5, 5.41) is 9.09. The Labute approximate surface area is 103 Å². The molecule has 7 nitrogen and oxygen atoms in total. The van der Waals surface area contributed by atoms with Crippen LogP contribution in [-0.4, -0.2) is 40.6 Å². The number of hydrogen-bond donors (Lipinski definition) is 2. The average molecular weight is 256 g/mol. The average Bonchev–Trinajstić information content (AvgIpc) is 2.77. The van der Waals surface area contributed by atoms with Crippen molar-refractivity contribution in [2.75, 3.05) is 13.7 Å². The number of aromatic nitrogens is 2. The lowest BCUT2D eigenvalue weighted by Gasteiger charge is -2.19. The van der Waals surface area contributed by atoms with Crippen LogP contribution in [0.5, 0.6) is 0 Å². The fraction of sp³-hybridized carbons (Fsp3) is 0.636. The Morgan fingerprint density at radius 2 is 2.33 bits per heavy atom. The predicted octanol–water partition coefficient (Wildman–Crippen LogP) is -0.860. The number of nitrogens with zero attached hydrogens (tertiary/aromatic N) is 1. The molecule has 1 aromatic rings. The first-order valence-corrected chi connectivity index (χ1v) is 5.68. The molecule has 0 aromatic carbocycles. The molecule has 1 aliphatic rings. The number of H-pyrrole nitrogens is 1. The molecule has 2 rings (SSSR count). The molecule has 2 N–H and O–H groups in total. The van der Waals surface area contributed by atoms with Gasteiger partial charge in [0.2, 0.25) is 0 Å². The number of methoxy groups -OCH3 is 1. The minimum Gasteiger partial charge on any atom is -0.394 e. The number of aliphatic hydroxyl groups excluding tert-OH is 1. The van der Waals surface area contributed by atoms with Crippen molar-refractivity contribution < 1.29 is 14.6 Å². The highest BCUT2D eigenvalue weighted by Gasteiger charge is 2.36. The molecule has 1 fully saturated rings. The summed E-state index contributed by atoms with van der Waals surface area (Å²) in [6.07, 6.45) is 0.624. The van der Waals surface area contributed by atoms with E-state index in [0.717, 1.165) is 0 Å². The van der Waals surface area contributed by atoms with Crippen molar-refractivity contribution in [3.05, 3.63) is 32.6 Å². The molecule has 0 amide bonds. The maximum Gasteiger partial charge on any atom is 0.330 e. The SMILES string of the molecule is COC1CC(CO)OC1n1cc(C)c(=O)[nH]c1=O. The minimum absolute atomic E-state index is 0.132. The Bertz CT molecular complexity index is 535. The lowest BCUT2D eigenvalue weighted by atomic mass is 10.2. The van der Waals surface area contributed by atoms with Crippen LogP contribution in [0.15, 0.2) is 15.8 Å². The van der Waals surface area contributed by atoms with E-state index in [2.05, 4.69) is 4.98 Å². The molecule has 18 heavy (non-hydrogen) atoms. The van der Waals surface area contributed by atoms with Crippen molar-refractivity contribution in [3.8, 4) is 0 Å². The van der Waals surface area contributed by atoms with Gasteiger partial charge in [0.25, 0.3) is 5.56 Å². The fourth-order valence-electron chi connectivity index (χ4n) is 2.07. The Balaban J connectivity index is 2.39. The van der Waals surface area contributed by atoms with Gasteiger partial charge in [0.15, 0.2) is 6.23 Å². The smallest absolute Gasteiger partial charge is 0.330 e. The van der Waals surface area contributed by atoms with Crippen molar-refractivity contribution in [2.45, 2.75) is 31.8 Å². The van der Waals surface area contributed by atoms with Gasteiger partial charge in [-0.3, -0.25) is 14.3 Å². The van der Waals surface area contributed by atoms with E-state index in [9.17, 15) is 9.59 Å². The van der Waals surface area contributed by atoms with Crippen LogP contribution >= 0.6 is 0 Å². The molecule has 1 saturated heterocycles. The second kappa shape index (κ2) is 5.05. The van der Waals surface area contributed by atoms with Crippen LogP contribution < -0.4 is 11.2 Å². The molecule has 2 heterocycles. The molecule has 0 saturated carbocycles. The van der Waals surface area contributed by atoms with Gasteiger partial charge in [-0.1, -0.05) is 0 Å². The van der Waals surface area contributed by atoms with Gasteiger partial charge in [-0.2, -0.15) is 0 Å². The van der Waals surface area contributed by atoms with Gasteiger partial charge in [-0.25, -0.2) is 4.79 Å². The zero-order chi connectivity index (χ0) is 13.3. The standard InChI is InChI=1S/C11H16N2O5/c1-6-4-13(11(16)12-9(6)15)10-8(17-2)3-7(5-14)18-10/h4,7-8,10,14H,3,5H2,1-2H3,(H,12,15,16). The van der Waals surface area contributed by atoms with Gasteiger partial charge in [-0.05, 0) is 6.92 Å². The van der Waals surface area contributed by atoms with E-state index in [1.165, 1.54) is 17.9 Å². The first kappa shape index (κ1) is 13.0. The molecule has 3 atom stereocenters. The van der Waals surface area contributed by atoms with E-state index < -0.39 is 17.5 Å². The van der Waals surface area contributed by atoms with Crippen LogP contribution in [0.3, 0.4) is 0 Å². The highest BCUT2D eigenvalue weighted by Crippen LogP contribution is 2.29. The lowest BCUT2D eigenvalue weighted by molar-refractivity contribution is -0.0626. The van der Waals surface area contributed by atoms with Crippen LogP contribution in [0.1, 0.15) is 18.2 Å². The summed E-state index contributed by atoms with van der Waals surface area (Å²) in [7, 11) is 1.52. The number of hydrogen-bond acceptors (Lipinski definition) is 5. The van der Waals surface area contributed by atoms with Gasteiger partial charge >= 0.3 is 5.69 Å². The van der Waals surface area contributed by atoms with Gasteiger partial charge in [0, 0.05) is 25.3 Å². The lowest BCUT2D eigenvalue weighted by Crippen LogP contribution is -2.36. The normalized spacial score (nSPS) is 27.6. The second-order valence-corrected chi connectivity index (χ2v) is 4.32. The topological polar surface area (TPSA) is 93.5 Å². The van der Waals surface area contributed by atoms with Gasteiger partial charge < -0.3 is 14.6 Å². The van der Waals surface area contributed by atoms with E-state index in [1.54, 1.807) is 6.92 Å². The fourth-order valence-corrected chi connectivity index (χ4v) is 2.07. The number of ether oxygens (including phenoxy) is 2. The van der Waals surface area contributed by atoms with Crippen molar-refractivity contribution in [2.24, 2.45) is 0 Å². The number of aromatic amines is 1. The largest absolute Gasteiger partial charge is 0.394 e. The van der Waals surface area contributed by atoms with E-state index >= 15 is 0 Å². The molecule has 100 valence electrons. The van der Waals surface area contributed by atoms with Gasteiger partial charge in [0.05, 0.1) is 12.7 Å². The van der Waals surface area contributed by atoms with E-state index in [1.807, 2.05) is 0 Å². The number of aryl methyl sites for hydroxylation is 1. The van der Waals surface area contributed by atoms with Crippen LogP contribution in [-0.2, 0) is 9.47 Å². The monoisotopic (exact) mass is 256 g/mol. The molecule has 7 heteroatoms. The van der Waals surface area contributed by atoms with Crippen LogP contribution in [0.25, 0.3) is 0 Å². The first-order chi connectivity index (χ1) is 8.56. The highest BCUT2D eigenvalue weighted by molar-refractivity contribution is 5.02. The Morgan fingerprint density at radius 1 is 1.61 bits per heavy atom. The quantitative estimate of drug-likeness (QED) is 0.734.